The number of rotatable bonds is 4. The molecule has 11 heteroatoms. The summed E-state index contributed by atoms with van der Waals surface area (Å²) < 4.78 is 28.1. The molecule has 10 nitrogen and oxygen atoms in total. The summed E-state index contributed by atoms with van der Waals surface area (Å²) in [6.07, 6.45) is -0.540. The Kier molecular flexibility index (Phi) is 4.64. The van der Waals surface area contributed by atoms with Gasteiger partial charge in [0.1, 0.15) is 5.58 Å². The molecule has 0 radical (unpaired) electrons. The summed E-state index contributed by atoms with van der Waals surface area (Å²) in [7, 11) is 0. The number of anilines is 1. The van der Waals surface area contributed by atoms with Gasteiger partial charge in [0, 0.05) is 28.5 Å². The van der Waals surface area contributed by atoms with Gasteiger partial charge >= 0.3 is 11.6 Å². The third-order valence-electron chi connectivity index (χ3n) is 3.91. The van der Waals surface area contributed by atoms with Crippen LogP contribution >= 0.6 is 0 Å². The number of carbonyl (C=O) groups is 1. The largest absolute Gasteiger partial charge is 0.768 e. The van der Waals surface area contributed by atoms with Gasteiger partial charge in [-0.05, 0) is 29.6 Å². The van der Waals surface area contributed by atoms with Crippen LogP contribution in [0.2, 0.25) is 0 Å². The first-order valence-corrected chi connectivity index (χ1v) is 8.52. The van der Waals surface area contributed by atoms with Gasteiger partial charge in [-0.15, -0.1) is 4.73 Å². The Labute approximate surface area is 153 Å². The van der Waals surface area contributed by atoms with Gasteiger partial charge in [-0.2, -0.15) is 0 Å². The van der Waals surface area contributed by atoms with Crippen LogP contribution < -0.4 is 16.2 Å². The second kappa shape index (κ2) is 6.78. The zero-order valence-corrected chi connectivity index (χ0v) is 14.6. The van der Waals surface area contributed by atoms with Crippen LogP contribution in [-0.2, 0) is 22.3 Å². The second-order valence-electron chi connectivity index (χ2n) is 5.60. The number of benzene rings is 1. The summed E-state index contributed by atoms with van der Waals surface area (Å²) in [5, 5.41) is 19.3. The van der Waals surface area contributed by atoms with Crippen molar-refractivity contribution in [2.75, 3.05) is 5.73 Å². The van der Waals surface area contributed by atoms with Crippen molar-refractivity contribution < 1.29 is 33.0 Å². The van der Waals surface area contributed by atoms with Crippen molar-refractivity contribution in [3.05, 3.63) is 45.8 Å². The maximum atomic E-state index is 12.2. The number of hydrogen-bond donors (Lipinski definition) is 3. The van der Waals surface area contributed by atoms with Crippen LogP contribution in [0.1, 0.15) is 11.1 Å². The lowest BCUT2D eigenvalue weighted by atomic mass is 10.0. The number of aromatic nitrogens is 1. The molecule has 0 spiro atoms. The molecule has 0 aliphatic rings. The first kappa shape index (κ1) is 18.5. The number of nitrogens with zero attached hydrogens (tertiary/aromatic N) is 1. The zero-order chi connectivity index (χ0) is 19.9. The Hall–Kier alpha value is -3.31. The monoisotopic (exact) mass is 393 g/mol. The Morgan fingerprint density at radius 3 is 2.56 bits per heavy atom. The van der Waals surface area contributed by atoms with Crippen molar-refractivity contribution in [1.82, 2.24) is 4.73 Å². The minimum atomic E-state index is -2.60. The first-order valence-electron chi connectivity index (χ1n) is 7.45. The average Bonchev–Trinajstić information content (AvgIpc) is 2.90. The van der Waals surface area contributed by atoms with Crippen LogP contribution in [0.25, 0.3) is 11.0 Å². The summed E-state index contributed by atoms with van der Waals surface area (Å²) in [5.41, 5.74) is 5.04. The van der Waals surface area contributed by atoms with Gasteiger partial charge in [0.2, 0.25) is 11.8 Å². The van der Waals surface area contributed by atoms with Crippen LogP contribution in [-0.4, -0.2) is 29.7 Å². The van der Waals surface area contributed by atoms with Gasteiger partial charge in [-0.25, -0.2) is 9.59 Å². The molecule has 0 bridgehead atoms. The molecule has 0 aliphatic carbocycles. The van der Waals surface area contributed by atoms with E-state index in [0.717, 1.165) is 12.1 Å². The lowest BCUT2D eigenvalue weighted by Crippen LogP contribution is -2.24. The number of fused-ring (bicyclic) bond motifs is 1. The van der Waals surface area contributed by atoms with E-state index in [-0.39, 0.29) is 27.1 Å². The molecule has 0 fully saturated rings. The third kappa shape index (κ3) is 3.37. The normalized spacial score (nSPS) is 12.2. The van der Waals surface area contributed by atoms with Crippen molar-refractivity contribution >= 4 is 33.7 Å². The molecule has 4 N–H and O–H groups in total. The van der Waals surface area contributed by atoms with E-state index < -0.39 is 40.9 Å². The fourth-order valence-electron chi connectivity index (χ4n) is 2.55. The highest BCUT2D eigenvalue weighted by molar-refractivity contribution is 7.79. The lowest BCUT2D eigenvalue weighted by molar-refractivity contribution is -0.144. The molecule has 2 aromatic heterocycles. The number of aryl methyl sites for hydroxylation is 1. The number of nitrogen functional groups attached to an aromatic ring is 1. The molecule has 1 aromatic carbocycles. The highest BCUT2D eigenvalue weighted by Crippen LogP contribution is 2.27. The topological polar surface area (TPSA) is 168 Å². The molecule has 0 saturated carbocycles. The van der Waals surface area contributed by atoms with E-state index in [1.54, 1.807) is 0 Å². The molecule has 0 amide bonds. The van der Waals surface area contributed by atoms with E-state index in [9.17, 15) is 28.6 Å². The SMILES string of the molecule is Cc1c(CC(=O)On2c(O)ccc2O)c(=O)oc2cc(N)c(S(=O)[O-])cc12. The maximum Gasteiger partial charge on any atom is 0.340 e. The molecule has 3 aromatic rings. The molecule has 0 aliphatic heterocycles. The van der Waals surface area contributed by atoms with E-state index in [4.69, 9.17) is 15.0 Å². The molecule has 1 unspecified atom stereocenters. The van der Waals surface area contributed by atoms with Gasteiger partial charge in [-0.3, -0.25) is 4.21 Å². The maximum absolute atomic E-state index is 12.2. The Balaban J connectivity index is 2.01. The van der Waals surface area contributed by atoms with Crippen molar-refractivity contribution in [3.8, 4) is 11.8 Å². The molecule has 3 rings (SSSR count). The molecular weight excluding hydrogens is 380 g/mol. The molecule has 1 atom stereocenters. The predicted octanol–water partition coefficient (Wildman–Crippen LogP) is 0.332. The van der Waals surface area contributed by atoms with Crippen molar-refractivity contribution in [3.63, 3.8) is 0 Å². The summed E-state index contributed by atoms with van der Waals surface area (Å²) in [5.74, 6) is -1.99. The van der Waals surface area contributed by atoms with Gasteiger partial charge in [-0.1, -0.05) is 0 Å². The number of carbonyl (C=O) groups excluding carboxylic acids is 1. The summed E-state index contributed by atoms with van der Waals surface area (Å²) in [6.45, 7) is 1.51. The van der Waals surface area contributed by atoms with Gasteiger partial charge < -0.3 is 29.8 Å². The van der Waals surface area contributed by atoms with E-state index in [2.05, 4.69) is 0 Å². The Morgan fingerprint density at radius 2 is 1.96 bits per heavy atom. The van der Waals surface area contributed by atoms with E-state index in [1.807, 2.05) is 0 Å². The van der Waals surface area contributed by atoms with E-state index in [1.165, 1.54) is 19.1 Å². The minimum absolute atomic E-state index is 0.0639. The van der Waals surface area contributed by atoms with Gasteiger partial charge in [0.15, 0.2) is 0 Å². The first-order chi connectivity index (χ1) is 12.7. The minimum Gasteiger partial charge on any atom is -0.768 e. The van der Waals surface area contributed by atoms with Crippen LogP contribution in [0, 0.1) is 6.92 Å². The molecule has 0 saturated heterocycles. The molecular formula is C16H13N2O8S-. The zero-order valence-electron chi connectivity index (χ0n) is 13.8. The number of hydrogen-bond acceptors (Lipinski definition) is 9. The number of aromatic hydroxyl groups is 2. The third-order valence-corrected chi connectivity index (χ3v) is 4.62. The lowest BCUT2D eigenvalue weighted by Gasteiger charge is -2.13. The van der Waals surface area contributed by atoms with Gasteiger partial charge in [0.25, 0.3) is 0 Å². The quantitative estimate of drug-likeness (QED) is 0.321. The van der Waals surface area contributed by atoms with Gasteiger partial charge in [0.05, 0.1) is 17.7 Å². The molecule has 142 valence electrons. The van der Waals surface area contributed by atoms with Crippen LogP contribution in [0.5, 0.6) is 11.8 Å². The summed E-state index contributed by atoms with van der Waals surface area (Å²) in [4.78, 5) is 28.9. The van der Waals surface area contributed by atoms with E-state index >= 15 is 0 Å². The van der Waals surface area contributed by atoms with Crippen LogP contribution in [0.4, 0.5) is 5.69 Å². The second-order valence-corrected chi connectivity index (χ2v) is 6.51. The fourth-order valence-corrected chi connectivity index (χ4v) is 3.02. The highest BCUT2D eigenvalue weighted by Gasteiger charge is 2.19. The predicted molar refractivity (Wildman–Crippen MR) is 91.9 cm³/mol. The standard InChI is InChI=1S/C16H14N2O8S/c1-7-8-4-12(27(23)24)10(17)6-11(8)25-16(22)9(7)5-15(21)26-18-13(19)2-3-14(18)20/h2-4,6,19-20H,5,17H2,1H3,(H,23,24)/p-1. The number of nitrogens with two attached hydrogens (primary N) is 1. The van der Waals surface area contributed by atoms with Crippen LogP contribution in [0.3, 0.4) is 0 Å². The fraction of sp³-hybridized carbons (Fsp3) is 0.125. The average molecular weight is 393 g/mol. The molecule has 2 heterocycles. The van der Waals surface area contributed by atoms with Crippen molar-refractivity contribution in [2.45, 2.75) is 18.2 Å². The molecule has 27 heavy (non-hydrogen) atoms. The highest BCUT2D eigenvalue weighted by atomic mass is 32.2. The van der Waals surface area contributed by atoms with Crippen molar-refractivity contribution in [1.29, 1.82) is 0 Å². The smallest absolute Gasteiger partial charge is 0.340 e. The Morgan fingerprint density at radius 1 is 1.33 bits per heavy atom. The Bertz CT molecular complexity index is 1130. The summed E-state index contributed by atoms with van der Waals surface area (Å²) in [6, 6.07) is 4.66. The van der Waals surface area contributed by atoms with E-state index in [0.29, 0.717) is 10.3 Å². The van der Waals surface area contributed by atoms with Crippen molar-refractivity contribution in [2.24, 2.45) is 0 Å². The van der Waals surface area contributed by atoms with Crippen LogP contribution in [0.15, 0.2) is 38.4 Å². The summed E-state index contributed by atoms with van der Waals surface area (Å²) >= 11 is -2.60.